The van der Waals surface area contributed by atoms with Gasteiger partial charge in [-0.3, -0.25) is 4.79 Å². The number of carbonyl (C=O) groups excluding carboxylic acids is 2. The first-order valence-electron chi connectivity index (χ1n) is 11.2. The van der Waals surface area contributed by atoms with Crippen molar-refractivity contribution in [2.24, 2.45) is 0 Å². The van der Waals surface area contributed by atoms with Crippen LogP contribution in [0.15, 0.2) is 24.3 Å². The molecule has 1 aromatic carbocycles. The minimum absolute atomic E-state index is 0.0207. The van der Waals surface area contributed by atoms with Crippen molar-refractivity contribution in [2.75, 3.05) is 18.9 Å². The van der Waals surface area contributed by atoms with E-state index < -0.39 is 54.0 Å². The number of carbonyl (C=O) groups is 2. The van der Waals surface area contributed by atoms with Crippen LogP contribution in [0.3, 0.4) is 0 Å². The van der Waals surface area contributed by atoms with Crippen molar-refractivity contribution >= 4 is 23.6 Å². The summed E-state index contributed by atoms with van der Waals surface area (Å²) in [6.07, 6.45) is -5.40. The topological polar surface area (TPSA) is 178 Å². The van der Waals surface area contributed by atoms with Crippen LogP contribution in [0.2, 0.25) is 0 Å². The Balaban J connectivity index is 1.57. The van der Waals surface area contributed by atoms with Gasteiger partial charge in [0.2, 0.25) is 5.91 Å². The number of thioether (sulfide) groups is 1. The number of hydrogen-bond donors (Lipinski definition) is 7. The first-order chi connectivity index (χ1) is 16.2. The number of aromatic hydroxyl groups is 1. The quantitative estimate of drug-likeness (QED) is 0.158. The smallest absolute Gasteiger partial charge is 0.341 e. The maximum Gasteiger partial charge on any atom is 0.341 e. The molecule has 8 atom stereocenters. The zero-order chi connectivity index (χ0) is 24.8. The van der Waals surface area contributed by atoms with Crippen molar-refractivity contribution in [3.05, 3.63) is 29.8 Å². The molecular formula is C22H32N2O9S. The standard InChI is InChI=1S/C22H32N2O9S/c1-11(25)15(24-20(30)13-6-4-8-23-13)19-17(28)16(27)18(29)22(33-19)34-10-9-32-21(31)12-5-2-3-7-14(12)26/h2-3,5,7,11,13,15-19,22-23,25-29H,4,6,8-10H2,1H3,(H,24,30). The van der Waals surface area contributed by atoms with Crippen molar-refractivity contribution in [3.63, 3.8) is 0 Å². The Labute approximate surface area is 201 Å². The number of rotatable bonds is 9. The van der Waals surface area contributed by atoms with Gasteiger partial charge in [-0.2, -0.15) is 0 Å². The van der Waals surface area contributed by atoms with E-state index in [4.69, 9.17) is 9.47 Å². The van der Waals surface area contributed by atoms with E-state index in [1.54, 1.807) is 12.1 Å². The van der Waals surface area contributed by atoms with Crippen molar-refractivity contribution < 1.29 is 44.6 Å². The van der Waals surface area contributed by atoms with Crippen molar-refractivity contribution in [3.8, 4) is 5.75 Å². The highest BCUT2D eigenvalue weighted by Gasteiger charge is 2.48. The van der Waals surface area contributed by atoms with Gasteiger partial charge in [0.15, 0.2) is 0 Å². The van der Waals surface area contributed by atoms with Crippen LogP contribution in [0.4, 0.5) is 0 Å². The Hall–Kier alpha value is -1.93. The normalized spacial score (nSPS) is 31.0. The zero-order valence-electron chi connectivity index (χ0n) is 18.7. The number of benzene rings is 1. The van der Waals surface area contributed by atoms with Crippen LogP contribution in [0.25, 0.3) is 0 Å². The van der Waals surface area contributed by atoms with Crippen molar-refractivity contribution in [1.82, 2.24) is 10.6 Å². The number of para-hydroxylation sites is 1. The van der Waals surface area contributed by atoms with Gasteiger partial charge in [0, 0.05) is 5.75 Å². The number of hydrogen-bond acceptors (Lipinski definition) is 11. The van der Waals surface area contributed by atoms with Crippen LogP contribution in [-0.4, -0.2) is 104 Å². The van der Waals surface area contributed by atoms with Gasteiger partial charge in [0.1, 0.15) is 47.8 Å². The van der Waals surface area contributed by atoms with Crippen LogP contribution in [0, 0.1) is 0 Å². The summed E-state index contributed by atoms with van der Waals surface area (Å²) in [5, 5.41) is 57.0. The third-order valence-corrected chi connectivity index (χ3v) is 7.01. The fourth-order valence-electron chi connectivity index (χ4n) is 3.98. The second-order valence-electron chi connectivity index (χ2n) is 8.39. The molecule has 34 heavy (non-hydrogen) atoms. The predicted molar refractivity (Wildman–Crippen MR) is 122 cm³/mol. The van der Waals surface area contributed by atoms with Crippen molar-refractivity contribution in [1.29, 1.82) is 0 Å². The fourth-order valence-corrected chi connectivity index (χ4v) is 4.96. The van der Waals surface area contributed by atoms with Crippen LogP contribution >= 0.6 is 11.8 Å². The molecule has 0 aliphatic carbocycles. The highest BCUT2D eigenvalue weighted by molar-refractivity contribution is 7.99. The summed E-state index contributed by atoms with van der Waals surface area (Å²) in [5.41, 5.74) is -0.998. The molecule has 7 N–H and O–H groups in total. The molecule has 2 saturated heterocycles. The molecule has 0 spiro atoms. The number of aliphatic hydroxyl groups excluding tert-OH is 4. The van der Waals surface area contributed by atoms with E-state index in [1.165, 1.54) is 19.1 Å². The lowest BCUT2D eigenvalue weighted by Crippen LogP contribution is -2.65. The van der Waals surface area contributed by atoms with Gasteiger partial charge >= 0.3 is 5.97 Å². The number of esters is 1. The molecule has 0 saturated carbocycles. The molecule has 2 aliphatic rings. The van der Waals surface area contributed by atoms with E-state index in [2.05, 4.69) is 10.6 Å². The predicted octanol–water partition coefficient (Wildman–Crippen LogP) is -1.29. The molecule has 11 nitrogen and oxygen atoms in total. The molecule has 1 aromatic rings. The van der Waals surface area contributed by atoms with E-state index in [9.17, 15) is 35.1 Å². The fraction of sp³-hybridized carbons (Fsp3) is 0.636. The molecule has 190 valence electrons. The summed E-state index contributed by atoms with van der Waals surface area (Å²) in [7, 11) is 0. The molecule has 2 heterocycles. The number of aliphatic hydroxyl groups is 4. The monoisotopic (exact) mass is 500 g/mol. The summed E-state index contributed by atoms with van der Waals surface area (Å²) in [4.78, 5) is 24.6. The molecule has 12 heteroatoms. The Bertz CT molecular complexity index is 836. The summed E-state index contributed by atoms with van der Waals surface area (Å²) >= 11 is 1.04. The van der Waals surface area contributed by atoms with Crippen LogP contribution in [-0.2, 0) is 14.3 Å². The lowest BCUT2D eigenvalue weighted by Gasteiger charge is -2.44. The number of phenolic OH excluding ortho intramolecular Hbond substituents is 1. The van der Waals surface area contributed by atoms with Gasteiger partial charge in [-0.1, -0.05) is 12.1 Å². The molecule has 0 radical (unpaired) electrons. The summed E-state index contributed by atoms with van der Waals surface area (Å²) in [6, 6.07) is 4.50. The van der Waals surface area contributed by atoms with Gasteiger partial charge in [-0.25, -0.2) is 4.79 Å². The Morgan fingerprint density at radius 2 is 1.97 bits per heavy atom. The highest BCUT2D eigenvalue weighted by Crippen LogP contribution is 2.31. The Morgan fingerprint density at radius 1 is 1.24 bits per heavy atom. The van der Waals surface area contributed by atoms with E-state index in [1.807, 2.05) is 0 Å². The van der Waals surface area contributed by atoms with Crippen molar-refractivity contribution in [2.45, 2.75) is 67.8 Å². The average molecular weight is 501 g/mol. The average Bonchev–Trinajstić information content (AvgIpc) is 3.35. The second kappa shape index (κ2) is 12.2. The molecule has 0 aromatic heterocycles. The molecular weight excluding hydrogens is 468 g/mol. The molecule has 1 amide bonds. The minimum Gasteiger partial charge on any atom is -0.507 e. The lowest BCUT2D eigenvalue weighted by molar-refractivity contribution is -0.211. The molecule has 2 aliphatic heterocycles. The summed E-state index contributed by atoms with van der Waals surface area (Å²) in [5.74, 6) is -1.09. The molecule has 8 unspecified atom stereocenters. The summed E-state index contributed by atoms with van der Waals surface area (Å²) in [6.45, 7) is 2.07. The zero-order valence-corrected chi connectivity index (χ0v) is 19.6. The Kier molecular flexibility index (Phi) is 9.54. The van der Waals surface area contributed by atoms with Crippen LogP contribution in [0.1, 0.15) is 30.1 Å². The first-order valence-corrected chi connectivity index (χ1v) is 12.2. The third-order valence-electron chi connectivity index (χ3n) is 5.89. The van der Waals surface area contributed by atoms with Gasteiger partial charge in [0.25, 0.3) is 0 Å². The summed E-state index contributed by atoms with van der Waals surface area (Å²) < 4.78 is 10.9. The van der Waals surface area contributed by atoms with Gasteiger partial charge in [-0.05, 0) is 38.4 Å². The molecule has 3 rings (SSSR count). The largest absolute Gasteiger partial charge is 0.507 e. The van der Waals surface area contributed by atoms with E-state index in [-0.39, 0.29) is 29.6 Å². The van der Waals surface area contributed by atoms with Crippen LogP contribution < -0.4 is 10.6 Å². The first kappa shape index (κ1) is 26.7. The number of amides is 1. The molecule has 0 bridgehead atoms. The second-order valence-corrected chi connectivity index (χ2v) is 9.59. The van der Waals surface area contributed by atoms with Gasteiger partial charge < -0.3 is 45.6 Å². The lowest BCUT2D eigenvalue weighted by atomic mass is 9.92. The third kappa shape index (κ3) is 6.39. The number of phenols is 1. The van der Waals surface area contributed by atoms with Crippen LogP contribution in [0.5, 0.6) is 5.75 Å². The maximum atomic E-state index is 12.5. The van der Waals surface area contributed by atoms with Gasteiger partial charge in [0.05, 0.1) is 18.2 Å². The minimum atomic E-state index is -1.58. The maximum absolute atomic E-state index is 12.5. The van der Waals surface area contributed by atoms with E-state index in [0.717, 1.165) is 18.2 Å². The number of nitrogens with one attached hydrogen (secondary N) is 2. The van der Waals surface area contributed by atoms with E-state index in [0.29, 0.717) is 13.0 Å². The highest BCUT2D eigenvalue weighted by atomic mass is 32.2. The SMILES string of the molecule is CC(O)C(NC(=O)C1CCCN1)C1OC(SCCOC(=O)c2ccccc2O)C(O)C(O)C1O. The van der Waals surface area contributed by atoms with Gasteiger partial charge in [-0.15, -0.1) is 11.8 Å². The Morgan fingerprint density at radius 3 is 2.62 bits per heavy atom. The number of ether oxygens (including phenoxy) is 2. The molecule has 2 fully saturated rings. The van der Waals surface area contributed by atoms with E-state index >= 15 is 0 Å².